The molecule has 2 aliphatic rings. The van der Waals surface area contributed by atoms with E-state index in [1.807, 2.05) is 0 Å². The number of unbranched alkanes of at least 4 members (excludes halogenated alkanes) is 1. The van der Waals surface area contributed by atoms with Gasteiger partial charge in [0, 0.05) is 18.8 Å². The van der Waals surface area contributed by atoms with Crippen molar-refractivity contribution in [2.75, 3.05) is 31.1 Å². The molecule has 2 heterocycles. The fraction of sp³-hybridized carbons (Fsp3) is 0.647. The van der Waals surface area contributed by atoms with Gasteiger partial charge in [-0.05, 0) is 68.0 Å². The maximum absolute atomic E-state index is 3.52. The predicted octanol–water partition coefficient (Wildman–Crippen LogP) is 2.93. The molecule has 0 saturated carbocycles. The Morgan fingerprint density at radius 3 is 2.63 bits per heavy atom. The first-order chi connectivity index (χ1) is 9.38. The first-order valence-electron chi connectivity index (χ1n) is 7.99. The molecule has 2 heteroatoms. The van der Waals surface area contributed by atoms with Crippen LogP contribution in [0, 0.1) is 0 Å². The van der Waals surface area contributed by atoms with Crippen molar-refractivity contribution in [1.29, 1.82) is 0 Å². The summed E-state index contributed by atoms with van der Waals surface area (Å²) >= 11 is 0. The molecule has 0 amide bonds. The lowest BCUT2D eigenvalue weighted by molar-refractivity contribution is 0.657. The van der Waals surface area contributed by atoms with E-state index < -0.39 is 0 Å². The number of hydrogen-bond donors (Lipinski definition) is 1. The summed E-state index contributed by atoms with van der Waals surface area (Å²) in [5.41, 5.74) is 6.33. The molecule has 2 aliphatic heterocycles. The van der Waals surface area contributed by atoms with Gasteiger partial charge in [0.15, 0.2) is 0 Å². The van der Waals surface area contributed by atoms with E-state index in [1.54, 1.807) is 22.4 Å². The summed E-state index contributed by atoms with van der Waals surface area (Å²) < 4.78 is 0. The number of anilines is 1. The number of nitrogens with one attached hydrogen (secondary N) is 1. The molecule has 0 fully saturated rings. The van der Waals surface area contributed by atoms with Gasteiger partial charge in [0.05, 0.1) is 0 Å². The van der Waals surface area contributed by atoms with Gasteiger partial charge in [0.1, 0.15) is 0 Å². The molecule has 0 unspecified atom stereocenters. The van der Waals surface area contributed by atoms with Crippen LogP contribution in [0.1, 0.15) is 42.9 Å². The second-order valence-corrected chi connectivity index (χ2v) is 5.94. The highest BCUT2D eigenvalue weighted by Crippen LogP contribution is 2.31. The minimum atomic E-state index is 1.14. The normalized spacial score (nSPS) is 18.7. The van der Waals surface area contributed by atoms with Crippen LogP contribution in [-0.2, 0) is 19.3 Å². The van der Waals surface area contributed by atoms with Crippen LogP contribution in [0.3, 0.4) is 0 Å². The minimum absolute atomic E-state index is 1.14. The van der Waals surface area contributed by atoms with Crippen molar-refractivity contribution in [3.05, 3.63) is 28.8 Å². The van der Waals surface area contributed by atoms with Crippen LogP contribution in [0.5, 0.6) is 0 Å². The van der Waals surface area contributed by atoms with Crippen LogP contribution in [0.4, 0.5) is 5.69 Å². The van der Waals surface area contributed by atoms with E-state index in [0.717, 1.165) is 13.1 Å². The largest absolute Gasteiger partial charge is 0.371 e. The monoisotopic (exact) mass is 258 g/mol. The van der Waals surface area contributed by atoms with Crippen molar-refractivity contribution in [2.24, 2.45) is 0 Å². The molecule has 1 aromatic carbocycles. The van der Waals surface area contributed by atoms with Gasteiger partial charge in [-0.25, -0.2) is 0 Å². The maximum Gasteiger partial charge on any atom is 0.0401 e. The zero-order chi connectivity index (χ0) is 13.1. The lowest BCUT2D eigenvalue weighted by Gasteiger charge is -2.32. The quantitative estimate of drug-likeness (QED) is 0.897. The second-order valence-electron chi connectivity index (χ2n) is 5.94. The molecule has 0 spiro atoms. The summed E-state index contributed by atoms with van der Waals surface area (Å²) in [5, 5.41) is 3.52. The smallest absolute Gasteiger partial charge is 0.0401 e. The van der Waals surface area contributed by atoms with Crippen LogP contribution < -0.4 is 10.2 Å². The summed E-state index contributed by atoms with van der Waals surface area (Å²) in [6.07, 6.45) is 7.62. The molecule has 1 N–H and O–H groups in total. The molecule has 0 saturated heterocycles. The summed E-state index contributed by atoms with van der Waals surface area (Å²) in [4.78, 5) is 2.63. The fourth-order valence-electron chi connectivity index (χ4n) is 3.42. The molecule has 104 valence electrons. The summed E-state index contributed by atoms with van der Waals surface area (Å²) in [7, 11) is 0. The van der Waals surface area contributed by atoms with E-state index in [0.29, 0.717) is 0 Å². The fourth-order valence-corrected chi connectivity index (χ4v) is 3.42. The Balaban J connectivity index is 1.90. The highest BCUT2D eigenvalue weighted by molar-refractivity contribution is 5.59. The Morgan fingerprint density at radius 2 is 1.84 bits per heavy atom. The molecule has 2 nitrogen and oxygen atoms in total. The van der Waals surface area contributed by atoms with E-state index in [2.05, 4.69) is 29.3 Å². The zero-order valence-electron chi connectivity index (χ0n) is 12.2. The van der Waals surface area contributed by atoms with Crippen molar-refractivity contribution >= 4 is 5.69 Å². The standard InChI is InChI=1S/C17H26N2/c1-2-3-10-19-11-4-5-16-12-14-6-8-18-9-7-15(14)13-17(16)19/h12-13,18H,2-11H2,1H3. The maximum atomic E-state index is 3.52. The number of fused-ring (bicyclic) bond motifs is 2. The van der Waals surface area contributed by atoms with Gasteiger partial charge in [-0.2, -0.15) is 0 Å². The highest BCUT2D eigenvalue weighted by atomic mass is 15.1. The molecule has 3 rings (SSSR count). The van der Waals surface area contributed by atoms with Gasteiger partial charge in [-0.3, -0.25) is 0 Å². The third-order valence-electron chi connectivity index (χ3n) is 4.54. The predicted molar refractivity (Wildman–Crippen MR) is 82.2 cm³/mol. The van der Waals surface area contributed by atoms with Crippen molar-refractivity contribution in [3.8, 4) is 0 Å². The van der Waals surface area contributed by atoms with E-state index in [-0.39, 0.29) is 0 Å². The van der Waals surface area contributed by atoms with Crippen LogP contribution in [0.25, 0.3) is 0 Å². The number of rotatable bonds is 3. The molecule has 0 aromatic heterocycles. The van der Waals surface area contributed by atoms with Crippen LogP contribution in [0.2, 0.25) is 0 Å². The zero-order valence-corrected chi connectivity index (χ0v) is 12.2. The van der Waals surface area contributed by atoms with E-state index >= 15 is 0 Å². The minimum Gasteiger partial charge on any atom is -0.371 e. The SMILES string of the molecule is CCCCN1CCCc2cc3c(cc21)CCNCC3. The molecule has 19 heavy (non-hydrogen) atoms. The summed E-state index contributed by atoms with van der Waals surface area (Å²) in [5.74, 6) is 0. The van der Waals surface area contributed by atoms with Gasteiger partial charge >= 0.3 is 0 Å². The number of hydrogen-bond acceptors (Lipinski definition) is 2. The molecule has 0 atom stereocenters. The number of aryl methyl sites for hydroxylation is 1. The Kier molecular flexibility index (Phi) is 4.07. The first kappa shape index (κ1) is 13.0. The number of benzene rings is 1. The molecular formula is C17H26N2. The Hall–Kier alpha value is -1.02. The topological polar surface area (TPSA) is 15.3 Å². The highest BCUT2D eigenvalue weighted by Gasteiger charge is 2.19. The molecular weight excluding hydrogens is 232 g/mol. The van der Waals surface area contributed by atoms with Crippen molar-refractivity contribution in [3.63, 3.8) is 0 Å². The third-order valence-corrected chi connectivity index (χ3v) is 4.54. The molecule has 0 bridgehead atoms. The molecule has 0 aliphatic carbocycles. The van der Waals surface area contributed by atoms with E-state index in [1.165, 1.54) is 51.6 Å². The van der Waals surface area contributed by atoms with E-state index in [4.69, 9.17) is 0 Å². The number of nitrogens with zero attached hydrogens (tertiary/aromatic N) is 1. The Morgan fingerprint density at radius 1 is 1.05 bits per heavy atom. The van der Waals surface area contributed by atoms with Crippen LogP contribution in [0.15, 0.2) is 12.1 Å². The second kappa shape index (κ2) is 5.96. The lowest BCUT2D eigenvalue weighted by Crippen LogP contribution is -2.30. The summed E-state index contributed by atoms with van der Waals surface area (Å²) in [6.45, 7) is 7.06. The van der Waals surface area contributed by atoms with Crippen molar-refractivity contribution in [2.45, 2.75) is 45.4 Å². The van der Waals surface area contributed by atoms with Gasteiger partial charge in [-0.1, -0.05) is 19.4 Å². The van der Waals surface area contributed by atoms with Gasteiger partial charge in [-0.15, -0.1) is 0 Å². The Bertz CT molecular complexity index is 439. The molecule has 1 aromatic rings. The lowest BCUT2D eigenvalue weighted by atomic mass is 9.93. The van der Waals surface area contributed by atoms with Crippen LogP contribution >= 0.6 is 0 Å². The Labute approximate surface area is 117 Å². The molecule has 0 radical (unpaired) electrons. The van der Waals surface area contributed by atoms with Crippen LogP contribution in [-0.4, -0.2) is 26.2 Å². The summed E-state index contributed by atoms with van der Waals surface area (Å²) in [6, 6.07) is 5.02. The first-order valence-corrected chi connectivity index (χ1v) is 7.99. The van der Waals surface area contributed by atoms with Crippen molar-refractivity contribution < 1.29 is 0 Å². The third kappa shape index (κ3) is 2.79. The van der Waals surface area contributed by atoms with Gasteiger partial charge in [0.2, 0.25) is 0 Å². The van der Waals surface area contributed by atoms with Gasteiger partial charge < -0.3 is 10.2 Å². The van der Waals surface area contributed by atoms with Gasteiger partial charge in [0.25, 0.3) is 0 Å². The average molecular weight is 258 g/mol. The average Bonchev–Trinajstić information content (AvgIpc) is 2.67. The van der Waals surface area contributed by atoms with E-state index in [9.17, 15) is 0 Å². The van der Waals surface area contributed by atoms with Crippen molar-refractivity contribution in [1.82, 2.24) is 5.32 Å².